The number of benzene rings is 2. The Morgan fingerprint density at radius 1 is 1.31 bits per heavy atom. The van der Waals surface area contributed by atoms with Crippen LogP contribution in [0, 0.1) is 5.92 Å². The average molecular weight is 458 g/mol. The van der Waals surface area contributed by atoms with E-state index in [0.717, 1.165) is 43.5 Å². The van der Waals surface area contributed by atoms with Gasteiger partial charge in [-0.3, -0.25) is 9.36 Å². The van der Waals surface area contributed by atoms with Gasteiger partial charge in [0, 0.05) is 25.7 Å². The fourth-order valence-electron chi connectivity index (χ4n) is 4.31. The Balaban J connectivity index is 1.25. The number of aryl methyl sites for hydroxylation is 1. The maximum atomic E-state index is 12.6. The van der Waals surface area contributed by atoms with Crippen LogP contribution in [0.1, 0.15) is 23.2 Å². The number of nitrogen functional groups attached to an aromatic ring is 1. The molecule has 1 amide bonds. The molecular weight excluding hydrogens is 430 g/mol. The first-order chi connectivity index (χ1) is 15.5. The summed E-state index contributed by atoms with van der Waals surface area (Å²) >= 11 is 6.07. The van der Waals surface area contributed by atoms with Crippen molar-refractivity contribution in [2.24, 2.45) is 5.92 Å². The molecule has 0 radical (unpaired) electrons. The van der Waals surface area contributed by atoms with Crippen molar-refractivity contribution in [1.29, 1.82) is 0 Å². The van der Waals surface area contributed by atoms with Crippen molar-refractivity contribution < 1.29 is 9.53 Å². The third-order valence-corrected chi connectivity index (χ3v) is 6.35. The monoisotopic (exact) mass is 457 g/mol. The lowest BCUT2D eigenvalue weighted by molar-refractivity contribution is 0.0944. The quantitative estimate of drug-likeness (QED) is 0.451. The van der Waals surface area contributed by atoms with Gasteiger partial charge in [0.25, 0.3) is 5.91 Å². The van der Waals surface area contributed by atoms with E-state index < -0.39 is 0 Å². The normalized spacial score (nSPS) is 16.5. The minimum Gasteiger partial charge on any atom is -0.496 e. The first-order valence-corrected chi connectivity index (χ1v) is 11.1. The number of nitrogens with zero attached hydrogens (tertiary/aromatic N) is 2. The molecule has 1 aromatic heterocycles. The minimum absolute atomic E-state index is 0.0635. The molecule has 1 aliphatic rings. The molecule has 0 spiro atoms. The van der Waals surface area contributed by atoms with Gasteiger partial charge in [0.05, 0.1) is 34.4 Å². The topological polar surface area (TPSA) is 105 Å². The largest absolute Gasteiger partial charge is 0.496 e. The van der Waals surface area contributed by atoms with Crippen molar-refractivity contribution in [1.82, 2.24) is 19.8 Å². The van der Waals surface area contributed by atoms with Crippen LogP contribution in [0.5, 0.6) is 5.75 Å². The standard InChI is InChI=1S/C23H28ClN5O3/c1-32-21-12-18(25)17(24)11-16(21)22(30)26-13-15-7-10-28(14-15)8-4-9-29-20-6-3-2-5-19(20)27-23(29)31/h2-3,5-6,11-12,15H,4,7-10,13-14,25H2,1H3,(H,26,30)(H,27,31). The van der Waals surface area contributed by atoms with Gasteiger partial charge in [-0.05, 0) is 50.0 Å². The SMILES string of the molecule is COc1cc(N)c(Cl)cc1C(=O)NCC1CCN(CCCn2c(=O)[nH]c3ccccc32)C1. The molecule has 1 atom stereocenters. The molecule has 170 valence electrons. The number of carbonyl (C=O) groups is 1. The predicted molar refractivity (Wildman–Crippen MR) is 126 cm³/mol. The molecule has 2 aromatic carbocycles. The Morgan fingerprint density at radius 3 is 2.94 bits per heavy atom. The predicted octanol–water partition coefficient (Wildman–Crippen LogP) is 2.72. The summed E-state index contributed by atoms with van der Waals surface area (Å²) in [6.45, 7) is 4.08. The molecule has 1 aliphatic heterocycles. The van der Waals surface area contributed by atoms with Gasteiger partial charge in [-0.15, -0.1) is 0 Å². The summed E-state index contributed by atoms with van der Waals surface area (Å²) in [5, 5.41) is 3.33. The number of hydrogen-bond acceptors (Lipinski definition) is 5. The van der Waals surface area contributed by atoms with E-state index in [1.807, 2.05) is 24.3 Å². The molecule has 0 bridgehead atoms. The number of rotatable bonds is 8. The lowest BCUT2D eigenvalue weighted by atomic mass is 10.1. The highest BCUT2D eigenvalue weighted by Crippen LogP contribution is 2.29. The van der Waals surface area contributed by atoms with Gasteiger partial charge < -0.3 is 25.7 Å². The van der Waals surface area contributed by atoms with Crippen LogP contribution in [0.25, 0.3) is 11.0 Å². The Hall–Kier alpha value is -2.97. The first-order valence-electron chi connectivity index (χ1n) is 10.8. The van der Waals surface area contributed by atoms with Crippen LogP contribution in [-0.4, -0.2) is 53.6 Å². The third kappa shape index (κ3) is 4.76. The van der Waals surface area contributed by atoms with Crippen LogP contribution in [0.3, 0.4) is 0 Å². The number of H-pyrrole nitrogens is 1. The van der Waals surface area contributed by atoms with Gasteiger partial charge in [0.15, 0.2) is 0 Å². The van der Waals surface area contributed by atoms with Crippen molar-refractivity contribution in [2.45, 2.75) is 19.4 Å². The highest BCUT2D eigenvalue weighted by Gasteiger charge is 2.23. The van der Waals surface area contributed by atoms with E-state index >= 15 is 0 Å². The summed E-state index contributed by atoms with van der Waals surface area (Å²) in [7, 11) is 1.50. The second kappa shape index (κ2) is 9.67. The zero-order chi connectivity index (χ0) is 22.7. The molecule has 3 aromatic rings. The van der Waals surface area contributed by atoms with Gasteiger partial charge in [-0.2, -0.15) is 0 Å². The third-order valence-electron chi connectivity index (χ3n) is 6.02. The molecule has 1 saturated heterocycles. The molecule has 0 aliphatic carbocycles. The fraction of sp³-hybridized carbons (Fsp3) is 0.391. The molecule has 0 saturated carbocycles. The van der Waals surface area contributed by atoms with Crippen LogP contribution in [-0.2, 0) is 6.54 Å². The number of methoxy groups -OCH3 is 1. The second-order valence-corrected chi connectivity index (χ2v) is 8.60. The van der Waals surface area contributed by atoms with Gasteiger partial charge in [0.1, 0.15) is 5.75 Å². The number of fused-ring (bicyclic) bond motifs is 1. The first kappa shape index (κ1) is 22.2. The van der Waals surface area contributed by atoms with Gasteiger partial charge in [0.2, 0.25) is 0 Å². The highest BCUT2D eigenvalue weighted by atomic mass is 35.5. The van der Waals surface area contributed by atoms with Crippen molar-refractivity contribution in [3.63, 3.8) is 0 Å². The number of amides is 1. The van der Waals surface area contributed by atoms with Crippen LogP contribution in [0.15, 0.2) is 41.2 Å². The number of hydrogen-bond donors (Lipinski definition) is 3. The molecule has 32 heavy (non-hydrogen) atoms. The van der Waals surface area contributed by atoms with E-state index in [2.05, 4.69) is 15.2 Å². The number of halogens is 1. The lowest BCUT2D eigenvalue weighted by Gasteiger charge is -2.17. The lowest BCUT2D eigenvalue weighted by Crippen LogP contribution is -2.31. The molecule has 1 fully saturated rings. The smallest absolute Gasteiger partial charge is 0.326 e. The van der Waals surface area contributed by atoms with E-state index in [1.165, 1.54) is 7.11 Å². The maximum Gasteiger partial charge on any atom is 0.326 e. The van der Waals surface area contributed by atoms with E-state index in [0.29, 0.717) is 41.0 Å². The number of ether oxygens (including phenoxy) is 1. The average Bonchev–Trinajstić information content (AvgIpc) is 3.37. The summed E-state index contributed by atoms with van der Waals surface area (Å²) < 4.78 is 7.07. The zero-order valence-electron chi connectivity index (χ0n) is 18.1. The second-order valence-electron chi connectivity index (χ2n) is 8.19. The Bertz CT molecular complexity index is 1170. The van der Waals surface area contributed by atoms with Crippen molar-refractivity contribution in [3.05, 3.63) is 57.5 Å². The Labute approximate surface area is 191 Å². The van der Waals surface area contributed by atoms with E-state index in [9.17, 15) is 9.59 Å². The van der Waals surface area contributed by atoms with Crippen molar-refractivity contribution in [3.8, 4) is 5.75 Å². The van der Waals surface area contributed by atoms with E-state index in [1.54, 1.807) is 16.7 Å². The Kier molecular flexibility index (Phi) is 6.72. The molecular formula is C23H28ClN5O3. The number of para-hydroxylation sites is 2. The number of anilines is 1. The molecule has 4 rings (SSSR count). The number of aromatic nitrogens is 2. The molecule has 9 heteroatoms. The molecule has 2 heterocycles. The number of carbonyl (C=O) groups excluding carboxylic acids is 1. The van der Waals surface area contributed by atoms with Crippen LogP contribution >= 0.6 is 11.6 Å². The summed E-state index contributed by atoms with van der Waals surface area (Å²) in [4.78, 5) is 30.1. The number of likely N-dealkylation sites (tertiary alicyclic amines) is 1. The van der Waals surface area contributed by atoms with Gasteiger partial charge >= 0.3 is 5.69 Å². The van der Waals surface area contributed by atoms with Gasteiger partial charge in [-0.1, -0.05) is 23.7 Å². The summed E-state index contributed by atoms with van der Waals surface area (Å²) in [6.07, 6.45) is 1.91. The summed E-state index contributed by atoms with van der Waals surface area (Å²) in [5.74, 6) is 0.566. The number of nitrogens with one attached hydrogen (secondary N) is 2. The summed E-state index contributed by atoms with van der Waals surface area (Å²) in [6, 6.07) is 10.8. The van der Waals surface area contributed by atoms with Crippen molar-refractivity contribution in [2.75, 3.05) is 39.0 Å². The van der Waals surface area contributed by atoms with E-state index in [-0.39, 0.29) is 11.6 Å². The number of aromatic amines is 1. The molecule has 1 unspecified atom stereocenters. The number of imidazole rings is 1. The van der Waals surface area contributed by atoms with Crippen LogP contribution in [0.2, 0.25) is 5.02 Å². The van der Waals surface area contributed by atoms with Crippen LogP contribution < -0.4 is 21.5 Å². The Morgan fingerprint density at radius 2 is 2.12 bits per heavy atom. The maximum absolute atomic E-state index is 12.6. The van der Waals surface area contributed by atoms with Crippen molar-refractivity contribution >= 4 is 34.2 Å². The summed E-state index contributed by atoms with van der Waals surface area (Å²) in [5.41, 5.74) is 8.30. The minimum atomic E-state index is -0.221. The zero-order valence-corrected chi connectivity index (χ0v) is 18.8. The fourth-order valence-corrected chi connectivity index (χ4v) is 4.48. The molecule has 4 N–H and O–H groups in total. The number of nitrogens with two attached hydrogens (primary N) is 1. The van der Waals surface area contributed by atoms with Gasteiger partial charge in [-0.25, -0.2) is 4.79 Å². The molecule has 8 nitrogen and oxygen atoms in total. The highest BCUT2D eigenvalue weighted by molar-refractivity contribution is 6.33. The van der Waals surface area contributed by atoms with Crippen LogP contribution in [0.4, 0.5) is 5.69 Å². The van der Waals surface area contributed by atoms with E-state index in [4.69, 9.17) is 22.1 Å².